The van der Waals surface area contributed by atoms with E-state index in [4.69, 9.17) is 5.14 Å². The van der Waals surface area contributed by atoms with Gasteiger partial charge in [-0.05, 0) is 30.7 Å². The van der Waals surface area contributed by atoms with Gasteiger partial charge >= 0.3 is 0 Å². The van der Waals surface area contributed by atoms with E-state index in [0.717, 1.165) is 25.7 Å². The van der Waals surface area contributed by atoms with Crippen molar-refractivity contribution in [2.75, 3.05) is 6.54 Å². The minimum absolute atomic E-state index is 0.0418. The summed E-state index contributed by atoms with van der Waals surface area (Å²) in [5.41, 5.74) is 0.569. The Morgan fingerprint density at radius 1 is 1.50 bits per heavy atom. The van der Waals surface area contributed by atoms with Crippen LogP contribution in [0.15, 0.2) is 17.2 Å². The molecular formula is C13H21N3O3S. The fourth-order valence-electron chi connectivity index (χ4n) is 2.50. The third-order valence-electron chi connectivity index (χ3n) is 3.90. The lowest BCUT2D eigenvalue weighted by atomic mass is 10.0. The van der Waals surface area contributed by atoms with Crippen molar-refractivity contribution in [2.45, 2.75) is 37.5 Å². The summed E-state index contributed by atoms with van der Waals surface area (Å²) < 4.78 is 24.0. The smallest absolute Gasteiger partial charge is 0.267 e. The molecule has 112 valence electrons. The largest absolute Gasteiger partial charge is 0.350 e. The van der Waals surface area contributed by atoms with E-state index in [0.29, 0.717) is 12.2 Å². The first kappa shape index (κ1) is 15.1. The normalized spacial score (nSPS) is 16.9. The van der Waals surface area contributed by atoms with Gasteiger partial charge in [0.05, 0.1) is 0 Å². The molecule has 20 heavy (non-hydrogen) atoms. The summed E-state index contributed by atoms with van der Waals surface area (Å²) in [7, 11) is -2.15. The second-order valence-corrected chi connectivity index (χ2v) is 7.21. The van der Waals surface area contributed by atoms with E-state index in [1.54, 1.807) is 7.05 Å². The van der Waals surface area contributed by atoms with Crippen LogP contribution in [0.2, 0.25) is 0 Å². The molecule has 1 aliphatic carbocycles. The molecule has 0 spiro atoms. The molecule has 1 fully saturated rings. The van der Waals surface area contributed by atoms with Crippen LogP contribution in [0.5, 0.6) is 0 Å². The predicted molar refractivity (Wildman–Crippen MR) is 75.7 cm³/mol. The number of aromatic nitrogens is 1. The molecule has 1 aromatic heterocycles. The minimum Gasteiger partial charge on any atom is -0.350 e. The van der Waals surface area contributed by atoms with Crippen LogP contribution in [0.4, 0.5) is 0 Å². The van der Waals surface area contributed by atoms with E-state index < -0.39 is 10.0 Å². The summed E-state index contributed by atoms with van der Waals surface area (Å²) in [4.78, 5) is 12.1. The van der Waals surface area contributed by atoms with Crippen LogP contribution in [0.25, 0.3) is 0 Å². The fraction of sp³-hybridized carbons (Fsp3) is 0.615. The van der Waals surface area contributed by atoms with Crippen molar-refractivity contribution in [3.8, 4) is 0 Å². The van der Waals surface area contributed by atoms with E-state index in [1.165, 1.54) is 16.8 Å². The molecule has 0 aliphatic heterocycles. The number of nitrogens with zero attached hydrogens (tertiary/aromatic N) is 1. The molecule has 1 saturated carbocycles. The zero-order valence-corrected chi connectivity index (χ0v) is 12.7. The van der Waals surface area contributed by atoms with Crippen molar-refractivity contribution in [2.24, 2.45) is 17.6 Å². The summed E-state index contributed by atoms with van der Waals surface area (Å²) in [6.07, 6.45) is 5.87. The van der Waals surface area contributed by atoms with E-state index >= 15 is 0 Å². The first-order valence-electron chi connectivity index (χ1n) is 6.75. The topological polar surface area (TPSA) is 94.2 Å². The average molecular weight is 299 g/mol. The molecule has 0 aromatic carbocycles. The molecule has 1 heterocycles. The Labute approximate surface area is 119 Å². The highest BCUT2D eigenvalue weighted by atomic mass is 32.2. The Bertz CT molecular complexity index is 615. The molecular weight excluding hydrogens is 278 g/mol. The summed E-state index contributed by atoms with van der Waals surface area (Å²) >= 11 is 0. The molecule has 1 aromatic rings. The number of nitrogens with one attached hydrogen (secondary N) is 1. The first-order valence-corrected chi connectivity index (χ1v) is 8.29. The highest BCUT2D eigenvalue weighted by Gasteiger charge is 2.41. The monoisotopic (exact) mass is 299 g/mol. The molecule has 2 rings (SSSR count). The number of carbonyl (C=O) groups is 1. The van der Waals surface area contributed by atoms with Gasteiger partial charge in [0.15, 0.2) is 0 Å². The van der Waals surface area contributed by atoms with Gasteiger partial charge in [-0.3, -0.25) is 4.79 Å². The molecule has 1 amide bonds. The maximum atomic E-state index is 12.1. The zero-order chi connectivity index (χ0) is 15.0. The number of rotatable bonds is 6. The van der Waals surface area contributed by atoms with E-state index in [2.05, 4.69) is 12.2 Å². The van der Waals surface area contributed by atoms with Crippen molar-refractivity contribution in [3.05, 3.63) is 18.0 Å². The number of hydrogen-bond donors (Lipinski definition) is 2. The van der Waals surface area contributed by atoms with Crippen molar-refractivity contribution in [1.29, 1.82) is 0 Å². The third kappa shape index (κ3) is 3.21. The Balaban J connectivity index is 2.05. The molecule has 0 unspecified atom stereocenters. The molecule has 0 atom stereocenters. The van der Waals surface area contributed by atoms with Crippen LogP contribution in [0.3, 0.4) is 0 Å². The van der Waals surface area contributed by atoms with Gasteiger partial charge in [0.1, 0.15) is 10.6 Å². The van der Waals surface area contributed by atoms with Crippen molar-refractivity contribution >= 4 is 15.9 Å². The van der Waals surface area contributed by atoms with Crippen LogP contribution in [-0.4, -0.2) is 25.4 Å². The molecule has 6 nitrogen and oxygen atoms in total. The highest BCUT2D eigenvalue weighted by Crippen LogP contribution is 2.48. The van der Waals surface area contributed by atoms with Crippen LogP contribution >= 0.6 is 0 Å². The number of amides is 1. The van der Waals surface area contributed by atoms with Gasteiger partial charge in [-0.15, -0.1) is 0 Å². The van der Waals surface area contributed by atoms with E-state index in [-0.39, 0.29) is 16.2 Å². The lowest BCUT2D eigenvalue weighted by molar-refractivity contribution is 0.0935. The van der Waals surface area contributed by atoms with Gasteiger partial charge in [0.2, 0.25) is 10.0 Å². The average Bonchev–Trinajstić information content (AvgIpc) is 2.99. The van der Waals surface area contributed by atoms with E-state index in [9.17, 15) is 13.2 Å². The van der Waals surface area contributed by atoms with Crippen molar-refractivity contribution in [3.63, 3.8) is 0 Å². The number of carbonyl (C=O) groups excluding carboxylic acids is 1. The maximum absolute atomic E-state index is 12.1. The van der Waals surface area contributed by atoms with Gasteiger partial charge in [-0.25, -0.2) is 13.6 Å². The Morgan fingerprint density at radius 2 is 2.15 bits per heavy atom. The predicted octanol–water partition coefficient (Wildman–Crippen LogP) is 0.983. The maximum Gasteiger partial charge on any atom is 0.267 e. The van der Waals surface area contributed by atoms with Gasteiger partial charge in [-0.2, -0.15) is 0 Å². The quantitative estimate of drug-likeness (QED) is 0.820. The second-order valence-electron chi connectivity index (χ2n) is 5.65. The number of hydrogen-bond acceptors (Lipinski definition) is 3. The van der Waals surface area contributed by atoms with Gasteiger partial charge in [0.25, 0.3) is 5.91 Å². The Morgan fingerprint density at radius 3 is 2.60 bits per heavy atom. The van der Waals surface area contributed by atoms with Crippen LogP contribution in [-0.2, 0) is 17.1 Å². The summed E-state index contributed by atoms with van der Waals surface area (Å²) in [6.45, 7) is 2.78. The van der Waals surface area contributed by atoms with Gasteiger partial charge in [-0.1, -0.05) is 13.3 Å². The third-order valence-corrected chi connectivity index (χ3v) is 4.78. The lowest BCUT2D eigenvalue weighted by Gasteiger charge is -2.14. The molecule has 0 bridgehead atoms. The molecule has 1 aliphatic rings. The molecule has 3 N–H and O–H groups in total. The number of aryl methyl sites for hydroxylation is 1. The molecule has 0 radical (unpaired) electrons. The number of sulfonamides is 1. The Kier molecular flexibility index (Phi) is 3.93. The summed E-state index contributed by atoms with van der Waals surface area (Å²) in [5.74, 6) is -0.259. The van der Waals surface area contributed by atoms with Gasteiger partial charge in [0, 0.05) is 19.8 Å². The second kappa shape index (κ2) is 5.21. The number of primary sulfonamides is 1. The zero-order valence-electron chi connectivity index (χ0n) is 11.8. The van der Waals surface area contributed by atoms with E-state index in [1.807, 2.05) is 0 Å². The van der Waals surface area contributed by atoms with Gasteiger partial charge < -0.3 is 9.88 Å². The van der Waals surface area contributed by atoms with Crippen molar-refractivity contribution < 1.29 is 13.2 Å². The molecule has 0 saturated heterocycles. The lowest BCUT2D eigenvalue weighted by Crippen LogP contribution is -2.31. The van der Waals surface area contributed by atoms with Crippen molar-refractivity contribution in [1.82, 2.24) is 9.88 Å². The minimum atomic E-state index is -3.78. The Hall–Kier alpha value is -1.34. The highest BCUT2D eigenvalue weighted by molar-refractivity contribution is 7.89. The molecule has 7 heteroatoms. The fourth-order valence-corrected chi connectivity index (χ4v) is 3.08. The SMILES string of the molecule is CCCC1(CNC(=O)c2cc(S(N)(=O)=O)cn2C)CC1. The standard InChI is InChI=1S/C13H21N3O3S/c1-3-4-13(5-6-13)9-15-12(17)11-7-10(8-16(11)2)20(14,18)19/h7-8H,3-6,9H2,1-2H3,(H,15,17)(H2,14,18,19). The van der Waals surface area contributed by atoms with Crippen LogP contribution in [0, 0.1) is 5.41 Å². The van der Waals surface area contributed by atoms with Crippen LogP contribution < -0.4 is 10.5 Å². The number of nitrogens with two attached hydrogens (primary N) is 1. The first-order chi connectivity index (χ1) is 9.27. The summed E-state index contributed by atoms with van der Waals surface area (Å²) in [6, 6.07) is 1.31. The van der Waals surface area contributed by atoms with Crippen LogP contribution in [0.1, 0.15) is 43.1 Å². The summed E-state index contributed by atoms with van der Waals surface area (Å²) in [5, 5.41) is 7.96.